The van der Waals surface area contributed by atoms with E-state index in [0.29, 0.717) is 0 Å². The molecule has 0 radical (unpaired) electrons. The average Bonchev–Trinajstić information content (AvgIpc) is 3.09. The van der Waals surface area contributed by atoms with E-state index in [1.165, 1.54) is 0 Å². The Balaban J connectivity index is 1.27. The predicted octanol–water partition coefficient (Wildman–Crippen LogP) is 1.40. The van der Waals surface area contributed by atoms with Gasteiger partial charge in [0.25, 0.3) is 0 Å². The number of unbranched alkanes of at least 4 members (excludes halogenated alkanes) is 1. The summed E-state index contributed by atoms with van der Waals surface area (Å²) < 4.78 is 5.35. The van der Waals surface area contributed by atoms with Crippen molar-refractivity contribution in [3.63, 3.8) is 0 Å². The summed E-state index contributed by atoms with van der Waals surface area (Å²) >= 11 is 1.68. The summed E-state index contributed by atoms with van der Waals surface area (Å²) in [6.45, 7) is 10.9. The molecular weight excluding hydrogens is 338 g/mol. The van der Waals surface area contributed by atoms with Gasteiger partial charge in [0, 0.05) is 51.2 Å². The molecule has 0 spiro atoms. The molecule has 2 saturated heterocycles. The molecule has 0 unspecified atom stereocenters. The molecule has 0 saturated carbocycles. The first-order chi connectivity index (χ1) is 12.2. The number of rotatable bonds is 6. The van der Waals surface area contributed by atoms with Crippen LogP contribution in [0.5, 0.6) is 0 Å². The van der Waals surface area contributed by atoms with Crippen molar-refractivity contribution in [2.45, 2.75) is 19.8 Å². The number of aromatic nitrogens is 1. The van der Waals surface area contributed by atoms with Crippen LogP contribution in [-0.2, 0) is 4.74 Å². The molecule has 0 aliphatic carbocycles. The van der Waals surface area contributed by atoms with Gasteiger partial charge in [-0.05, 0) is 26.3 Å². The molecule has 140 valence electrons. The van der Waals surface area contributed by atoms with Gasteiger partial charge >= 0.3 is 6.03 Å². The highest BCUT2D eigenvalue weighted by molar-refractivity contribution is 7.13. The fourth-order valence-electron chi connectivity index (χ4n) is 3.18. The van der Waals surface area contributed by atoms with Crippen molar-refractivity contribution in [1.82, 2.24) is 20.1 Å². The maximum atomic E-state index is 12.3. The van der Waals surface area contributed by atoms with Crippen molar-refractivity contribution in [3.05, 3.63) is 11.1 Å². The molecule has 25 heavy (non-hydrogen) atoms. The Hall–Kier alpha value is -1.38. The van der Waals surface area contributed by atoms with Gasteiger partial charge in [0.15, 0.2) is 5.13 Å². The molecule has 0 bridgehead atoms. The summed E-state index contributed by atoms with van der Waals surface area (Å²) in [7, 11) is 0. The summed E-state index contributed by atoms with van der Waals surface area (Å²) in [4.78, 5) is 23.4. The maximum absolute atomic E-state index is 12.3. The monoisotopic (exact) mass is 367 g/mol. The lowest BCUT2D eigenvalue weighted by Gasteiger charge is -2.34. The van der Waals surface area contributed by atoms with E-state index in [0.717, 1.165) is 89.2 Å². The largest absolute Gasteiger partial charge is 0.379 e. The zero-order valence-corrected chi connectivity index (χ0v) is 15.9. The minimum absolute atomic E-state index is 0.0707. The van der Waals surface area contributed by atoms with Crippen LogP contribution in [0.3, 0.4) is 0 Å². The van der Waals surface area contributed by atoms with Gasteiger partial charge in [-0.2, -0.15) is 0 Å². The Bertz CT molecular complexity index is 539. The van der Waals surface area contributed by atoms with E-state index in [-0.39, 0.29) is 6.03 Å². The molecule has 1 N–H and O–H groups in total. The number of ether oxygens (including phenoxy) is 1. The van der Waals surface area contributed by atoms with E-state index in [1.54, 1.807) is 11.3 Å². The number of nitrogens with zero attached hydrogens (tertiary/aromatic N) is 4. The maximum Gasteiger partial charge on any atom is 0.317 e. The molecule has 2 amide bonds. The Kier molecular flexibility index (Phi) is 6.89. The van der Waals surface area contributed by atoms with Gasteiger partial charge in [-0.1, -0.05) is 0 Å². The Labute approximate surface area is 153 Å². The van der Waals surface area contributed by atoms with Crippen LogP contribution in [0.25, 0.3) is 0 Å². The van der Waals surface area contributed by atoms with Crippen LogP contribution < -0.4 is 10.2 Å². The van der Waals surface area contributed by atoms with E-state index >= 15 is 0 Å². The number of carbonyl (C=O) groups excluding carboxylic acids is 1. The molecule has 8 heteroatoms. The quantitative estimate of drug-likeness (QED) is 0.770. The van der Waals surface area contributed by atoms with E-state index in [2.05, 4.69) is 25.5 Å². The summed E-state index contributed by atoms with van der Waals surface area (Å²) in [5, 5.41) is 6.21. The molecular formula is C17H29N5O2S. The van der Waals surface area contributed by atoms with Crippen LogP contribution in [0.4, 0.5) is 9.93 Å². The highest BCUT2D eigenvalue weighted by atomic mass is 32.1. The number of morpholine rings is 1. The number of urea groups is 1. The molecule has 2 aliphatic rings. The van der Waals surface area contributed by atoms with Gasteiger partial charge in [-0.25, -0.2) is 9.78 Å². The minimum atomic E-state index is 0.0707. The highest BCUT2D eigenvalue weighted by Crippen LogP contribution is 2.21. The molecule has 1 aromatic heterocycles. The van der Waals surface area contributed by atoms with E-state index in [1.807, 2.05) is 11.8 Å². The van der Waals surface area contributed by atoms with E-state index in [9.17, 15) is 4.79 Å². The van der Waals surface area contributed by atoms with E-state index in [4.69, 9.17) is 4.74 Å². The highest BCUT2D eigenvalue weighted by Gasteiger charge is 2.22. The van der Waals surface area contributed by atoms with Crippen molar-refractivity contribution in [2.24, 2.45) is 0 Å². The van der Waals surface area contributed by atoms with Crippen LogP contribution in [0.1, 0.15) is 18.5 Å². The van der Waals surface area contributed by atoms with Gasteiger partial charge in [0.1, 0.15) is 0 Å². The van der Waals surface area contributed by atoms with Gasteiger partial charge in [-0.15, -0.1) is 11.3 Å². The SMILES string of the molecule is Cc1csc(N2CCN(C(=O)NCCCCN3CCOCC3)CC2)n1. The third-order valence-electron chi connectivity index (χ3n) is 4.73. The van der Waals surface area contributed by atoms with Crippen LogP contribution in [0.2, 0.25) is 0 Å². The fourth-order valence-corrected chi connectivity index (χ4v) is 4.04. The molecule has 0 atom stereocenters. The Morgan fingerprint density at radius 1 is 1.20 bits per heavy atom. The van der Waals surface area contributed by atoms with Crippen molar-refractivity contribution in [3.8, 4) is 0 Å². The first-order valence-electron chi connectivity index (χ1n) is 9.22. The second-order valence-electron chi connectivity index (χ2n) is 6.64. The summed E-state index contributed by atoms with van der Waals surface area (Å²) in [5.41, 5.74) is 1.07. The smallest absolute Gasteiger partial charge is 0.317 e. The molecule has 2 aliphatic heterocycles. The molecule has 1 aromatic rings. The number of anilines is 1. The summed E-state index contributed by atoms with van der Waals surface area (Å²) in [5.74, 6) is 0. The number of carbonyl (C=O) groups is 1. The average molecular weight is 368 g/mol. The van der Waals surface area contributed by atoms with Crippen molar-refractivity contribution < 1.29 is 9.53 Å². The van der Waals surface area contributed by atoms with Crippen LogP contribution in [-0.4, -0.2) is 86.4 Å². The Morgan fingerprint density at radius 2 is 1.96 bits per heavy atom. The summed E-state index contributed by atoms with van der Waals surface area (Å²) in [6, 6.07) is 0.0707. The minimum Gasteiger partial charge on any atom is -0.379 e. The second-order valence-corrected chi connectivity index (χ2v) is 7.48. The number of nitrogens with one attached hydrogen (secondary N) is 1. The number of aryl methyl sites for hydroxylation is 1. The third kappa shape index (κ3) is 5.55. The normalized spacial score (nSPS) is 19.2. The van der Waals surface area contributed by atoms with Crippen LogP contribution >= 0.6 is 11.3 Å². The van der Waals surface area contributed by atoms with Gasteiger partial charge in [0.05, 0.1) is 18.9 Å². The predicted molar refractivity (Wildman–Crippen MR) is 101 cm³/mol. The lowest BCUT2D eigenvalue weighted by atomic mass is 10.2. The van der Waals surface area contributed by atoms with Crippen LogP contribution in [0, 0.1) is 6.92 Å². The molecule has 3 heterocycles. The number of hydrogen-bond acceptors (Lipinski definition) is 6. The fraction of sp³-hybridized carbons (Fsp3) is 0.765. The van der Waals surface area contributed by atoms with Crippen molar-refractivity contribution in [2.75, 3.05) is 70.5 Å². The second kappa shape index (κ2) is 9.35. The summed E-state index contributed by atoms with van der Waals surface area (Å²) in [6.07, 6.45) is 2.15. The molecule has 7 nitrogen and oxygen atoms in total. The van der Waals surface area contributed by atoms with E-state index < -0.39 is 0 Å². The van der Waals surface area contributed by atoms with Crippen molar-refractivity contribution >= 4 is 22.5 Å². The lowest BCUT2D eigenvalue weighted by molar-refractivity contribution is 0.0372. The standard InChI is InChI=1S/C17H29N5O2S/c1-15-14-25-17(19-15)22-8-6-21(7-9-22)16(23)18-4-2-3-5-20-10-12-24-13-11-20/h14H,2-13H2,1H3,(H,18,23). The number of amides is 2. The number of piperazine rings is 1. The zero-order valence-electron chi connectivity index (χ0n) is 15.1. The number of hydrogen-bond donors (Lipinski definition) is 1. The van der Waals surface area contributed by atoms with Gasteiger partial charge < -0.3 is 19.9 Å². The third-order valence-corrected chi connectivity index (χ3v) is 5.74. The van der Waals surface area contributed by atoms with Crippen molar-refractivity contribution in [1.29, 1.82) is 0 Å². The molecule has 2 fully saturated rings. The van der Waals surface area contributed by atoms with Crippen LogP contribution in [0.15, 0.2) is 5.38 Å². The number of thiazole rings is 1. The van der Waals surface area contributed by atoms with Gasteiger partial charge in [0.2, 0.25) is 0 Å². The topological polar surface area (TPSA) is 60.9 Å². The lowest BCUT2D eigenvalue weighted by Crippen LogP contribution is -2.52. The molecule has 3 rings (SSSR count). The van der Waals surface area contributed by atoms with Gasteiger partial charge in [-0.3, -0.25) is 4.90 Å². The zero-order chi connectivity index (χ0) is 17.5. The first kappa shape index (κ1) is 18.4. The molecule has 0 aromatic carbocycles. The first-order valence-corrected chi connectivity index (χ1v) is 10.1. The Morgan fingerprint density at radius 3 is 2.64 bits per heavy atom.